The normalized spacial score (nSPS) is 21.7. The number of rotatable bonds is 3. The molecule has 1 aliphatic heterocycles. The van der Waals surface area contributed by atoms with Gasteiger partial charge in [0.15, 0.2) is 0 Å². The van der Waals surface area contributed by atoms with Gasteiger partial charge in [-0.3, -0.25) is 0 Å². The fraction of sp³-hybridized carbons (Fsp3) is 0.533. The zero-order valence-corrected chi connectivity index (χ0v) is 11.7. The van der Waals surface area contributed by atoms with Crippen molar-refractivity contribution >= 4 is 5.97 Å². The Bertz CT molecular complexity index is 439. The van der Waals surface area contributed by atoms with Gasteiger partial charge in [-0.25, -0.2) is 4.79 Å². The van der Waals surface area contributed by atoms with E-state index >= 15 is 0 Å². The van der Waals surface area contributed by atoms with Crippen molar-refractivity contribution in [1.82, 2.24) is 5.32 Å². The van der Waals surface area contributed by atoms with Gasteiger partial charge in [0.05, 0.1) is 12.7 Å². The Kier molecular flexibility index (Phi) is 4.10. The summed E-state index contributed by atoms with van der Waals surface area (Å²) in [6.07, 6.45) is 2.20. The van der Waals surface area contributed by atoms with Crippen LogP contribution in [-0.4, -0.2) is 31.3 Å². The lowest BCUT2D eigenvalue weighted by Crippen LogP contribution is -2.49. The molecule has 0 aromatic heterocycles. The van der Waals surface area contributed by atoms with Gasteiger partial charge >= 0.3 is 5.97 Å². The third-order valence-corrected chi connectivity index (χ3v) is 3.39. The van der Waals surface area contributed by atoms with Crippen molar-refractivity contribution in [1.29, 1.82) is 0 Å². The van der Waals surface area contributed by atoms with Gasteiger partial charge in [-0.1, -0.05) is 0 Å². The Labute approximate surface area is 114 Å². The standard InChI is InChI=1S/C15H21NO3/c1-15(2)10-13(8-9-16-15)19-12-6-4-11(5-7-12)14(17)18-3/h4-7,13,16H,8-10H2,1-3H3. The lowest BCUT2D eigenvalue weighted by molar-refractivity contribution is 0.0600. The van der Waals surface area contributed by atoms with E-state index in [9.17, 15) is 4.79 Å². The van der Waals surface area contributed by atoms with E-state index < -0.39 is 0 Å². The van der Waals surface area contributed by atoms with Gasteiger partial charge in [-0.05, 0) is 51.1 Å². The van der Waals surface area contributed by atoms with Crippen LogP contribution in [0.2, 0.25) is 0 Å². The molecule has 4 heteroatoms. The molecule has 1 aromatic rings. The fourth-order valence-corrected chi connectivity index (χ4v) is 2.40. The maximum absolute atomic E-state index is 11.3. The van der Waals surface area contributed by atoms with Crippen molar-refractivity contribution in [3.8, 4) is 5.75 Å². The van der Waals surface area contributed by atoms with Crippen molar-refractivity contribution in [3.63, 3.8) is 0 Å². The third kappa shape index (κ3) is 3.70. The molecule has 0 aliphatic carbocycles. The summed E-state index contributed by atoms with van der Waals surface area (Å²) in [6, 6.07) is 7.10. The van der Waals surface area contributed by atoms with Gasteiger partial charge in [0, 0.05) is 12.0 Å². The molecule has 1 aromatic carbocycles. The first-order chi connectivity index (χ1) is 9.00. The summed E-state index contributed by atoms with van der Waals surface area (Å²) in [5.74, 6) is 0.477. The average molecular weight is 263 g/mol. The van der Waals surface area contributed by atoms with Crippen molar-refractivity contribution in [3.05, 3.63) is 29.8 Å². The van der Waals surface area contributed by atoms with Gasteiger partial charge < -0.3 is 14.8 Å². The molecule has 1 saturated heterocycles. The molecular formula is C15H21NO3. The zero-order chi connectivity index (χ0) is 13.9. The molecule has 0 amide bonds. The van der Waals surface area contributed by atoms with E-state index in [0.717, 1.165) is 25.1 Å². The zero-order valence-electron chi connectivity index (χ0n) is 11.7. The molecule has 19 heavy (non-hydrogen) atoms. The van der Waals surface area contributed by atoms with Crippen LogP contribution in [0.3, 0.4) is 0 Å². The molecule has 1 unspecified atom stereocenters. The molecule has 4 nitrogen and oxygen atoms in total. The minimum Gasteiger partial charge on any atom is -0.490 e. The molecule has 1 fully saturated rings. The molecule has 0 radical (unpaired) electrons. The second kappa shape index (κ2) is 5.61. The van der Waals surface area contributed by atoms with Crippen LogP contribution in [0.25, 0.3) is 0 Å². The Morgan fingerprint density at radius 2 is 2.00 bits per heavy atom. The van der Waals surface area contributed by atoms with Crippen molar-refractivity contribution in [2.75, 3.05) is 13.7 Å². The molecule has 1 N–H and O–H groups in total. The summed E-state index contributed by atoms with van der Waals surface area (Å²) in [5, 5.41) is 3.46. The number of esters is 1. The fourth-order valence-electron chi connectivity index (χ4n) is 2.40. The Balaban J connectivity index is 1.98. The maximum Gasteiger partial charge on any atom is 0.337 e. The van der Waals surface area contributed by atoms with E-state index in [0.29, 0.717) is 5.56 Å². The monoisotopic (exact) mass is 263 g/mol. The van der Waals surface area contributed by atoms with Gasteiger partial charge in [0.1, 0.15) is 11.9 Å². The van der Waals surface area contributed by atoms with Gasteiger partial charge in [-0.15, -0.1) is 0 Å². The summed E-state index contributed by atoms with van der Waals surface area (Å²) >= 11 is 0. The topological polar surface area (TPSA) is 47.6 Å². The number of piperidine rings is 1. The Morgan fingerprint density at radius 3 is 2.58 bits per heavy atom. The number of hydrogen-bond acceptors (Lipinski definition) is 4. The molecule has 1 heterocycles. The quantitative estimate of drug-likeness (QED) is 0.851. The number of methoxy groups -OCH3 is 1. The molecule has 0 spiro atoms. The number of hydrogen-bond donors (Lipinski definition) is 1. The third-order valence-electron chi connectivity index (χ3n) is 3.39. The number of nitrogens with one attached hydrogen (secondary N) is 1. The Morgan fingerprint density at radius 1 is 1.32 bits per heavy atom. The van der Waals surface area contributed by atoms with Crippen LogP contribution in [-0.2, 0) is 4.74 Å². The maximum atomic E-state index is 11.3. The minimum absolute atomic E-state index is 0.120. The molecule has 1 atom stereocenters. The van der Waals surface area contributed by atoms with Gasteiger partial charge in [0.2, 0.25) is 0 Å². The van der Waals surface area contributed by atoms with E-state index in [1.165, 1.54) is 7.11 Å². The summed E-state index contributed by atoms with van der Waals surface area (Å²) in [5.41, 5.74) is 0.662. The van der Waals surface area contributed by atoms with Crippen LogP contribution >= 0.6 is 0 Å². The van der Waals surface area contributed by atoms with Crippen LogP contribution in [0.4, 0.5) is 0 Å². The van der Waals surface area contributed by atoms with E-state index in [4.69, 9.17) is 4.74 Å². The molecule has 1 aliphatic rings. The predicted molar refractivity (Wildman–Crippen MR) is 73.5 cm³/mol. The highest BCUT2D eigenvalue weighted by Crippen LogP contribution is 2.23. The van der Waals surface area contributed by atoms with E-state index in [1.807, 2.05) is 12.1 Å². The first kappa shape index (κ1) is 13.9. The first-order valence-electron chi connectivity index (χ1n) is 6.60. The second-order valence-corrected chi connectivity index (χ2v) is 5.56. The van der Waals surface area contributed by atoms with E-state index in [-0.39, 0.29) is 17.6 Å². The van der Waals surface area contributed by atoms with Crippen molar-refractivity contribution < 1.29 is 14.3 Å². The molecular weight excluding hydrogens is 242 g/mol. The highest BCUT2D eigenvalue weighted by molar-refractivity contribution is 5.89. The highest BCUT2D eigenvalue weighted by Gasteiger charge is 2.28. The lowest BCUT2D eigenvalue weighted by atomic mass is 9.91. The first-order valence-corrected chi connectivity index (χ1v) is 6.60. The lowest BCUT2D eigenvalue weighted by Gasteiger charge is -2.36. The average Bonchev–Trinajstić information content (AvgIpc) is 2.37. The van der Waals surface area contributed by atoms with Crippen LogP contribution in [0.15, 0.2) is 24.3 Å². The Hall–Kier alpha value is -1.55. The summed E-state index contributed by atoms with van der Waals surface area (Å²) in [7, 11) is 1.38. The van der Waals surface area contributed by atoms with Crippen LogP contribution in [0.5, 0.6) is 5.75 Å². The predicted octanol–water partition coefficient (Wildman–Crippen LogP) is 2.38. The van der Waals surface area contributed by atoms with E-state index in [2.05, 4.69) is 23.9 Å². The van der Waals surface area contributed by atoms with Crippen LogP contribution in [0.1, 0.15) is 37.0 Å². The number of carbonyl (C=O) groups excluding carboxylic acids is 1. The van der Waals surface area contributed by atoms with Crippen LogP contribution in [0, 0.1) is 0 Å². The smallest absolute Gasteiger partial charge is 0.337 e. The molecule has 104 valence electrons. The number of carbonyl (C=O) groups is 1. The summed E-state index contributed by atoms with van der Waals surface area (Å²) in [6.45, 7) is 5.34. The second-order valence-electron chi connectivity index (χ2n) is 5.56. The van der Waals surface area contributed by atoms with Crippen molar-refractivity contribution in [2.24, 2.45) is 0 Å². The van der Waals surface area contributed by atoms with Gasteiger partial charge in [-0.2, -0.15) is 0 Å². The summed E-state index contributed by atoms with van der Waals surface area (Å²) < 4.78 is 10.6. The highest BCUT2D eigenvalue weighted by atomic mass is 16.5. The summed E-state index contributed by atoms with van der Waals surface area (Å²) in [4.78, 5) is 11.3. The molecule has 0 bridgehead atoms. The van der Waals surface area contributed by atoms with Crippen LogP contribution < -0.4 is 10.1 Å². The van der Waals surface area contributed by atoms with Gasteiger partial charge in [0.25, 0.3) is 0 Å². The SMILES string of the molecule is COC(=O)c1ccc(OC2CCNC(C)(C)C2)cc1. The minimum atomic E-state index is -0.324. The number of ether oxygens (including phenoxy) is 2. The van der Waals surface area contributed by atoms with E-state index in [1.54, 1.807) is 12.1 Å². The molecule has 2 rings (SSSR count). The van der Waals surface area contributed by atoms with Crippen molar-refractivity contribution in [2.45, 2.75) is 38.3 Å². The largest absolute Gasteiger partial charge is 0.490 e. The number of benzene rings is 1. The molecule has 0 saturated carbocycles.